The van der Waals surface area contributed by atoms with Crippen molar-refractivity contribution in [2.75, 3.05) is 33.4 Å². The second kappa shape index (κ2) is 7.49. The minimum Gasteiger partial charge on any atom is -0.348 e. The highest BCUT2D eigenvalue weighted by atomic mass is 32.2. The van der Waals surface area contributed by atoms with E-state index in [0.29, 0.717) is 19.8 Å². The maximum Gasteiger partial charge on any atom is 0.252 e. The van der Waals surface area contributed by atoms with Crippen LogP contribution in [0, 0.1) is 0 Å². The summed E-state index contributed by atoms with van der Waals surface area (Å²) in [6.45, 7) is 1.51. The van der Waals surface area contributed by atoms with Crippen molar-refractivity contribution < 1.29 is 22.7 Å². The lowest BCUT2D eigenvalue weighted by Crippen LogP contribution is -2.53. The number of nitrogens with zero attached hydrogens (tertiary/aromatic N) is 2. The predicted molar refractivity (Wildman–Crippen MR) is 89.2 cm³/mol. The summed E-state index contributed by atoms with van der Waals surface area (Å²) in [7, 11) is -2.19. The Balaban J connectivity index is 1.68. The molecule has 1 aromatic heterocycles. The Hall–Kier alpha value is -1.00. The fraction of sp³-hybridized carbons (Fsp3) is 0.667. The maximum atomic E-state index is 12.7. The van der Waals surface area contributed by atoms with Gasteiger partial charge in [0.25, 0.3) is 10.0 Å². The van der Waals surface area contributed by atoms with Crippen LogP contribution in [0.2, 0.25) is 0 Å². The fourth-order valence-corrected chi connectivity index (χ4v) is 5.40. The summed E-state index contributed by atoms with van der Waals surface area (Å²) in [5.74, 6) is -0.207. The Labute approximate surface area is 146 Å². The highest BCUT2D eigenvalue weighted by molar-refractivity contribution is 7.91. The molecule has 7 nitrogen and oxygen atoms in total. The normalized spacial score (nSPS) is 23.1. The molecule has 9 heteroatoms. The van der Waals surface area contributed by atoms with Crippen LogP contribution >= 0.6 is 11.3 Å². The summed E-state index contributed by atoms with van der Waals surface area (Å²) >= 11 is 1.15. The number of hydrogen-bond donors (Lipinski definition) is 0. The Morgan fingerprint density at radius 3 is 2.79 bits per heavy atom. The summed E-state index contributed by atoms with van der Waals surface area (Å²) in [5.41, 5.74) is 0. The molecule has 2 saturated heterocycles. The van der Waals surface area contributed by atoms with Gasteiger partial charge in [-0.2, -0.15) is 4.31 Å². The van der Waals surface area contributed by atoms with Crippen molar-refractivity contribution in [3.8, 4) is 0 Å². The SMILES string of the molecule is CN(CC(=O)N1CCCCC1C1OCCO1)S(=O)(=O)c1cccs1. The van der Waals surface area contributed by atoms with Gasteiger partial charge in [0.2, 0.25) is 5.91 Å². The van der Waals surface area contributed by atoms with E-state index < -0.39 is 16.3 Å². The number of rotatable bonds is 5. The molecule has 0 aromatic carbocycles. The number of ether oxygens (including phenoxy) is 2. The average molecular weight is 374 g/mol. The van der Waals surface area contributed by atoms with Crippen molar-refractivity contribution in [3.05, 3.63) is 17.5 Å². The van der Waals surface area contributed by atoms with E-state index in [0.717, 1.165) is 34.9 Å². The number of sulfonamides is 1. The second-order valence-corrected chi connectivity index (χ2v) is 9.17. The molecule has 1 aromatic rings. The molecule has 0 aliphatic carbocycles. The lowest BCUT2D eigenvalue weighted by molar-refractivity contribution is -0.150. The first-order valence-corrected chi connectivity index (χ1v) is 10.3. The van der Waals surface area contributed by atoms with Gasteiger partial charge < -0.3 is 14.4 Å². The molecule has 3 heterocycles. The largest absolute Gasteiger partial charge is 0.348 e. The molecule has 3 rings (SSSR count). The van der Waals surface area contributed by atoms with E-state index in [-0.39, 0.29) is 22.7 Å². The Bertz CT molecular complexity index is 655. The van der Waals surface area contributed by atoms with Crippen LogP contribution in [0.4, 0.5) is 0 Å². The molecule has 1 atom stereocenters. The van der Waals surface area contributed by atoms with Gasteiger partial charge in [-0.05, 0) is 30.7 Å². The smallest absolute Gasteiger partial charge is 0.252 e. The van der Waals surface area contributed by atoms with Crippen LogP contribution in [0.1, 0.15) is 19.3 Å². The molecular formula is C15H22N2O5S2. The van der Waals surface area contributed by atoms with Gasteiger partial charge in [0.15, 0.2) is 6.29 Å². The molecule has 2 fully saturated rings. The maximum absolute atomic E-state index is 12.7. The minimum atomic E-state index is -3.62. The molecule has 0 spiro atoms. The molecule has 2 aliphatic rings. The van der Waals surface area contributed by atoms with Crippen LogP contribution in [-0.4, -0.2) is 69.2 Å². The molecule has 0 bridgehead atoms. The van der Waals surface area contributed by atoms with Crippen LogP contribution in [-0.2, 0) is 24.3 Å². The third-order valence-electron chi connectivity index (χ3n) is 4.35. The van der Waals surface area contributed by atoms with E-state index in [1.165, 1.54) is 7.05 Å². The van der Waals surface area contributed by atoms with Gasteiger partial charge in [0, 0.05) is 13.6 Å². The van der Waals surface area contributed by atoms with Crippen LogP contribution in [0.3, 0.4) is 0 Å². The summed E-state index contributed by atoms with van der Waals surface area (Å²) in [4.78, 5) is 14.4. The van der Waals surface area contributed by atoms with E-state index in [4.69, 9.17) is 9.47 Å². The average Bonchev–Trinajstić information content (AvgIpc) is 3.28. The topological polar surface area (TPSA) is 76.2 Å². The Morgan fingerprint density at radius 2 is 2.12 bits per heavy atom. The zero-order valence-corrected chi connectivity index (χ0v) is 15.2. The molecule has 0 saturated carbocycles. The van der Waals surface area contributed by atoms with Crippen molar-refractivity contribution in [2.24, 2.45) is 0 Å². The number of likely N-dealkylation sites (N-methyl/N-ethyl adjacent to an activating group) is 1. The van der Waals surface area contributed by atoms with Crippen molar-refractivity contribution in [2.45, 2.75) is 35.8 Å². The van der Waals surface area contributed by atoms with Crippen molar-refractivity contribution in [3.63, 3.8) is 0 Å². The summed E-state index contributed by atoms with van der Waals surface area (Å²) < 4.78 is 37.4. The van der Waals surface area contributed by atoms with E-state index in [2.05, 4.69) is 0 Å². The van der Waals surface area contributed by atoms with Crippen LogP contribution < -0.4 is 0 Å². The molecule has 24 heavy (non-hydrogen) atoms. The number of thiophene rings is 1. The molecule has 0 N–H and O–H groups in total. The number of likely N-dealkylation sites (tertiary alicyclic amines) is 1. The van der Waals surface area contributed by atoms with E-state index in [1.807, 2.05) is 0 Å². The number of amides is 1. The lowest BCUT2D eigenvalue weighted by Gasteiger charge is -2.38. The van der Waals surface area contributed by atoms with Gasteiger partial charge in [-0.3, -0.25) is 4.79 Å². The molecule has 2 aliphatic heterocycles. The third kappa shape index (κ3) is 3.65. The third-order valence-corrected chi connectivity index (χ3v) is 7.53. The molecule has 134 valence electrons. The molecule has 1 amide bonds. The van der Waals surface area contributed by atoms with Crippen LogP contribution in [0.5, 0.6) is 0 Å². The first-order chi connectivity index (χ1) is 11.5. The molecule has 0 radical (unpaired) electrons. The van der Waals surface area contributed by atoms with Crippen molar-refractivity contribution in [1.29, 1.82) is 0 Å². The molecule has 1 unspecified atom stereocenters. The zero-order chi connectivity index (χ0) is 17.2. The first kappa shape index (κ1) is 17.8. The fourth-order valence-electron chi connectivity index (χ4n) is 3.08. The number of carbonyl (C=O) groups excluding carboxylic acids is 1. The second-order valence-electron chi connectivity index (χ2n) is 5.95. The minimum absolute atomic E-state index is 0.133. The van der Waals surface area contributed by atoms with Gasteiger partial charge in [0.1, 0.15) is 4.21 Å². The predicted octanol–water partition coefficient (Wildman–Crippen LogP) is 1.12. The summed E-state index contributed by atoms with van der Waals surface area (Å²) in [5, 5.41) is 1.71. The van der Waals surface area contributed by atoms with E-state index in [1.54, 1.807) is 22.4 Å². The number of hydrogen-bond acceptors (Lipinski definition) is 6. The van der Waals surface area contributed by atoms with E-state index in [9.17, 15) is 13.2 Å². The van der Waals surface area contributed by atoms with Gasteiger partial charge in [-0.25, -0.2) is 8.42 Å². The molecular weight excluding hydrogens is 352 g/mol. The quantitative estimate of drug-likeness (QED) is 0.772. The first-order valence-electron chi connectivity index (χ1n) is 8.02. The van der Waals surface area contributed by atoms with Crippen LogP contribution in [0.25, 0.3) is 0 Å². The summed E-state index contributed by atoms with van der Waals surface area (Å²) in [6.07, 6.45) is 2.35. The van der Waals surface area contributed by atoms with Gasteiger partial charge in [-0.1, -0.05) is 6.07 Å². The monoisotopic (exact) mass is 374 g/mol. The van der Waals surface area contributed by atoms with Gasteiger partial charge in [-0.15, -0.1) is 11.3 Å². The summed E-state index contributed by atoms with van der Waals surface area (Å²) in [6, 6.07) is 3.10. The number of piperidine rings is 1. The van der Waals surface area contributed by atoms with Crippen molar-refractivity contribution in [1.82, 2.24) is 9.21 Å². The zero-order valence-electron chi connectivity index (χ0n) is 13.6. The van der Waals surface area contributed by atoms with E-state index >= 15 is 0 Å². The number of carbonyl (C=O) groups is 1. The standard InChI is InChI=1S/C15H22N2O5S2/c1-16(24(19,20)14-6-4-10-23-14)11-13(18)17-7-3-2-5-12(17)15-21-8-9-22-15/h4,6,10,12,15H,2-3,5,7-9,11H2,1H3. The van der Waals surface area contributed by atoms with Gasteiger partial charge in [0.05, 0.1) is 25.8 Å². The van der Waals surface area contributed by atoms with Crippen molar-refractivity contribution >= 4 is 27.3 Å². The Morgan fingerprint density at radius 1 is 1.38 bits per heavy atom. The highest BCUT2D eigenvalue weighted by Gasteiger charge is 2.37. The lowest BCUT2D eigenvalue weighted by atomic mass is 10.0. The van der Waals surface area contributed by atoms with Gasteiger partial charge >= 0.3 is 0 Å². The Kier molecular flexibility index (Phi) is 5.56. The highest BCUT2D eigenvalue weighted by Crippen LogP contribution is 2.25. The van der Waals surface area contributed by atoms with Crippen LogP contribution in [0.15, 0.2) is 21.7 Å².